The van der Waals surface area contributed by atoms with Crippen LogP contribution in [0.1, 0.15) is 12.8 Å². The minimum atomic E-state index is 0.0294. The summed E-state index contributed by atoms with van der Waals surface area (Å²) in [7, 11) is 0. The number of urea groups is 1. The van der Waals surface area contributed by atoms with Crippen molar-refractivity contribution in [3.05, 3.63) is 42.5 Å². The highest BCUT2D eigenvalue weighted by atomic mass is 16.2. The van der Waals surface area contributed by atoms with E-state index in [0.717, 1.165) is 42.5 Å². The molecule has 2 atom stereocenters. The van der Waals surface area contributed by atoms with E-state index in [0.29, 0.717) is 12.0 Å². The topological polar surface area (TPSA) is 44.4 Å². The van der Waals surface area contributed by atoms with Crippen LogP contribution in [0.5, 0.6) is 0 Å². The van der Waals surface area contributed by atoms with Gasteiger partial charge in [-0.05, 0) is 36.8 Å². The molecule has 2 heterocycles. The van der Waals surface area contributed by atoms with Crippen LogP contribution < -0.4 is 10.6 Å². The molecule has 0 spiro atoms. The van der Waals surface area contributed by atoms with Gasteiger partial charge in [0.2, 0.25) is 0 Å². The molecular weight excluding hydrogens is 274 g/mol. The van der Waals surface area contributed by atoms with Gasteiger partial charge in [0.25, 0.3) is 0 Å². The third kappa shape index (κ3) is 2.44. The number of likely N-dealkylation sites (tertiary alicyclic amines) is 1. The Bertz CT molecular complexity index is 694. The second kappa shape index (κ2) is 5.61. The summed E-state index contributed by atoms with van der Waals surface area (Å²) in [5, 5.41) is 8.88. The first-order valence-electron chi connectivity index (χ1n) is 8.08. The van der Waals surface area contributed by atoms with E-state index in [4.69, 9.17) is 0 Å². The quantitative estimate of drug-likeness (QED) is 0.849. The largest absolute Gasteiger partial charge is 0.324 e. The maximum atomic E-state index is 12.6. The van der Waals surface area contributed by atoms with Crippen molar-refractivity contribution in [3.8, 4) is 0 Å². The van der Waals surface area contributed by atoms with E-state index in [1.54, 1.807) is 0 Å². The SMILES string of the molecule is O=C(Nc1cccc2ccccc12)N1CCC2NCCC2C1. The third-order valence-electron chi connectivity index (χ3n) is 4.97. The number of hydrogen-bond acceptors (Lipinski definition) is 2. The van der Waals surface area contributed by atoms with Crippen LogP contribution in [0.25, 0.3) is 10.8 Å². The summed E-state index contributed by atoms with van der Waals surface area (Å²) in [5.74, 6) is 0.618. The minimum absolute atomic E-state index is 0.0294. The molecule has 0 aromatic heterocycles. The molecule has 2 aliphatic heterocycles. The number of nitrogens with one attached hydrogen (secondary N) is 2. The molecule has 0 bridgehead atoms. The molecule has 2 unspecified atom stereocenters. The average molecular weight is 295 g/mol. The highest BCUT2D eigenvalue weighted by molar-refractivity contribution is 6.01. The van der Waals surface area contributed by atoms with Crippen molar-refractivity contribution in [2.24, 2.45) is 5.92 Å². The average Bonchev–Trinajstić information content (AvgIpc) is 3.02. The molecule has 2 aromatic rings. The van der Waals surface area contributed by atoms with Gasteiger partial charge in [-0.3, -0.25) is 0 Å². The van der Waals surface area contributed by atoms with Gasteiger partial charge >= 0.3 is 6.03 Å². The smallest absolute Gasteiger partial charge is 0.321 e. The van der Waals surface area contributed by atoms with Gasteiger partial charge in [0.15, 0.2) is 0 Å². The number of anilines is 1. The van der Waals surface area contributed by atoms with Gasteiger partial charge in [0.05, 0.1) is 5.69 Å². The van der Waals surface area contributed by atoms with Crippen LogP contribution in [0.3, 0.4) is 0 Å². The maximum Gasteiger partial charge on any atom is 0.321 e. The predicted molar refractivity (Wildman–Crippen MR) is 89.1 cm³/mol. The minimum Gasteiger partial charge on any atom is -0.324 e. The lowest BCUT2D eigenvalue weighted by Crippen LogP contribution is -2.48. The predicted octanol–water partition coefficient (Wildman–Crippen LogP) is 3.06. The van der Waals surface area contributed by atoms with Crippen molar-refractivity contribution in [1.82, 2.24) is 10.2 Å². The fourth-order valence-corrected chi connectivity index (χ4v) is 3.76. The lowest BCUT2D eigenvalue weighted by atomic mass is 9.93. The summed E-state index contributed by atoms with van der Waals surface area (Å²) in [5.41, 5.74) is 0.898. The summed E-state index contributed by atoms with van der Waals surface area (Å²) >= 11 is 0. The van der Waals surface area contributed by atoms with E-state index in [1.165, 1.54) is 6.42 Å². The van der Waals surface area contributed by atoms with Crippen LogP contribution in [0.15, 0.2) is 42.5 Å². The number of hydrogen-bond donors (Lipinski definition) is 2. The van der Waals surface area contributed by atoms with Crippen molar-refractivity contribution in [2.75, 3.05) is 25.0 Å². The summed E-state index contributed by atoms with van der Waals surface area (Å²) < 4.78 is 0. The zero-order valence-electron chi connectivity index (χ0n) is 12.6. The second-order valence-corrected chi connectivity index (χ2v) is 6.30. The Morgan fingerprint density at radius 3 is 2.95 bits per heavy atom. The Kier molecular flexibility index (Phi) is 3.47. The van der Waals surface area contributed by atoms with Gasteiger partial charge in [-0.25, -0.2) is 4.79 Å². The Morgan fingerprint density at radius 1 is 1.14 bits per heavy atom. The van der Waals surface area contributed by atoms with Crippen molar-refractivity contribution in [2.45, 2.75) is 18.9 Å². The van der Waals surface area contributed by atoms with Gasteiger partial charge in [0.1, 0.15) is 0 Å². The maximum absolute atomic E-state index is 12.6. The zero-order valence-corrected chi connectivity index (χ0v) is 12.6. The molecule has 114 valence electrons. The molecule has 4 nitrogen and oxygen atoms in total. The fourth-order valence-electron chi connectivity index (χ4n) is 3.76. The highest BCUT2D eigenvalue weighted by Crippen LogP contribution is 2.26. The van der Waals surface area contributed by atoms with Crippen LogP contribution >= 0.6 is 0 Å². The number of piperidine rings is 1. The normalized spacial score (nSPS) is 24.3. The molecular formula is C18H21N3O. The Morgan fingerprint density at radius 2 is 2.00 bits per heavy atom. The van der Waals surface area contributed by atoms with Crippen molar-refractivity contribution in [1.29, 1.82) is 0 Å². The van der Waals surface area contributed by atoms with E-state index < -0.39 is 0 Å². The third-order valence-corrected chi connectivity index (χ3v) is 4.97. The number of carbonyl (C=O) groups is 1. The van der Waals surface area contributed by atoms with E-state index in [2.05, 4.69) is 28.8 Å². The molecule has 0 aliphatic carbocycles. The number of carbonyl (C=O) groups excluding carboxylic acids is 1. The van der Waals surface area contributed by atoms with Crippen LogP contribution in [0, 0.1) is 5.92 Å². The molecule has 0 saturated carbocycles. The van der Waals surface area contributed by atoms with Gasteiger partial charge in [-0.2, -0.15) is 0 Å². The van der Waals surface area contributed by atoms with E-state index in [9.17, 15) is 4.79 Å². The van der Waals surface area contributed by atoms with E-state index >= 15 is 0 Å². The molecule has 2 amide bonds. The molecule has 0 radical (unpaired) electrons. The first kappa shape index (κ1) is 13.6. The standard InChI is InChI=1S/C18H21N3O/c22-18(21-11-9-16-14(12-21)8-10-19-16)20-17-7-3-5-13-4-1-2-6-15(13)17/h1-7,14,16,19H,8-12H2,(H,20,22). The van der Waals surface area contributed by atoms with Gasteiger partial charge in [0, 0.05) is 24.5 Å². The van der Waals surface area contributed by atoms with Crippen LogP contribution in [-0.4, -0.2) is 36.6 Å². The number of fused-ring (bicyclic) bond motifs is 2. The van der Waals surface area contributed by atoms with Crippen LogP contribution in [0.4, 0.5) is 10.5 Å². The lowest BCUT2D eigenvalue weighted by Gasteiger charge is -2.34. The van der Waals surface area contributed by atoms with E-state index in [-0.39, 0.29) is 6.03 Å². The first-order chi connectivity index (χ1) is 10.8. The van der Waals surface area contributed by atoms with E-state index in [1.807, 2.05) is 29.2 Å². The molecule has 22 heavy (non-hydrogen) atoms. The number of nitrogens with zero attached hydrogens (tertiary/aromatic N) is 1. The number of benzene rings is 2. The number of amides is 2. The Labute approximate surface area is 130 Å². The first-order valence-corrected chi connectivity index (χ1v) is 8.08. The van der Waals surface area contributed by atoms with Crippen molar-refractivity contribution < 1.29 is 4.79 Å². The van der Waals surface area contributed by atoms with Gasteiger partial charge in [-0.15, -0.1) is 0 Å². The molecule has 2 saturated heterocycles. The summed E-state index contributed by atoms with van der Waals surface area (Å²) in [6.45, 7) is 2.80. The molecule has 2 aromatic carbocycles. The summed E-state index contributed by atoms with van der Waals surface area (Å²) in [4.78, 5) is 14.6. The molecule has 2 fully saturated rings. The zero-order chi connectivity index (χ0) is 14.9. The molecule has 2 N–H and O–H groups in total. The summed E-state index contributed by atoms with van der Waals surface area (Å²) in [6.07, 6.45) is 2.25. The molecule has 4 heteroatoms. The van der Waals surface area contributed by atoms with Crippen LogP contribution in [-0.2, 0) is 0 Å². The molecule has 4 rings (SSSR count). The van der Waals surface area contributed by atoms with Crippen molar-refractivity contribution >= 4 is 22.5 Å². The van der Waals surface area contributed by atoms with Gasteiger partial charge in [-0.1, -0.05) is 36.4 Å². The number of rotatable bonds is 1. The van der Waals surface area contributed by atoms with Crippen molar-refractivity contribution in [3.63, 3.8) is 0 Å². The lowest BCUT2D eigenvalue weighted by molar-refractivity contribution is 0.170. The fraction of sp³-hybridized carbons (Fsp3) is 0.389. The molecule has 2 aliphatic rings. The highest BCUT2D eigenvalue weighted by Gasteiger charge is 2.34. The monoisotopic (exact) mass is 295 g/mol. The van der Waals surface area contributed by atoms with Gasteiger partial charge < -0.3 is 15.5 Å². The Balaban J connectivity index is 1.51. The second-order valence-electron chi connectivity index (χ2n) is 6.30. The van der Waals surface area contributed by atoms with Crippen LogP contribution in [0.2, 0.25) is 0 Å². The Hall–Kier alpha value is -2.07. The summed E-state index contributed by atoms with van der Waals surface area (Å²) in [6, 6.07) is 14.8.